The van der Waals surface area contributed by atoms with Gasteiger partial charge >= 0.3 is 23.9 Å². The lowest BCUT2D eigenvalue weighted by molar-refractivity contribution is -0.168. The van der Waals surface area contributed by atoms with E-state index in [0.717, 1.165) is 114 Å². The molecule has 0 spiro atoms. The standard InChI is InChI=1S/C56H76I6N2O8/c1-32(2)11-10-12-33(3)40-19-20-41-37-18-17-34-27-35(23-25-55(34,4)42(37)24-26-56(40,41)5)71-49(67)21-22-50(68)72-36(30-69-47(65)15-8-6-13-38-43(57)28-45(59)53(63)51(38)61)31-70-48(66)16-9-7-14-39-44(58)29-46(60)54(64)52(39)62/h17,28-29,32-33,35-37,40-42H,6-16,18-27,30-31,63-64H2,1-5H3/t33-,35+,37+,40-,41+,42+,55+,56-/m1/s1. The first-order valence-electron chi connectivity index (χ1n) is 26.4. The first-order chi connectivity index (χ1) is 34.1. The first kappa shape index (κ1) is 61.3. The Bertz CT molecular complexity index is 2210. The molecule has 0 bridgehead atoms. The zero-order chi connectivity index (χ0) is 52.5. The van der Waals surface area contributed by atoms with Gasteiger partial charge in [-0.2, -0.15) is 0 Å². The Morgan fingerprint density at radius 2 is 1.22 bits per heavy atom. The molecular weight excluding hydrogens is 1590 g/mol. The average molecular weight is 1670 g/mol. The Balaban J connectivity index is 0.971. The van der Waals surface area contributed by atoms with Crippen molar-refractivity contribution in [3.63, 3.8) is 0 Å². The second kappa shape index (κ2) is 28.3. The molecule has 0 unspecified atom stereocenters. The molecule has 0 aliphatic heterocycles. The molecule has 3 saturated carbocycles. The highest BCUT2D eigenvalue weighted by Crippen LogP contribution is 2.67. The van der Waals surface area contributed by atoms with E-state index in [-0.39, 0.29) is 50.4 Å². The van der Waals surface area contributed by atoms with Gasteiger partial charge < -0.3 is 30.4 Å². The number of hydrogen-bond acceptors (Lipinski definition) is 10. The number of fused-ring (bicyclic) bond motifs is 5. The molecule has 10 nitrogen and oxygen atoms in total. The van der Waals surface area contributed by atoms with Crippen LogP contribution >= 0.6 is 136 Å². The van der Waals surface area contributed by atoms with Crippen LogP contribution in [0.4, 0.5) is 11.4 Å². The van der Waals surface area contributed by atoms with Crippen molar-refractivity contribution in [3.8, 4) is 0 Å². The van der Waals surface area contributed by atoms with Crippen molar-refractivity contribution < 1.29 is 38.1 Å². The maximum Gasteiger partial charge on any atom is 0.306 e. The van der Waals surface area contributed by atoms with E-state index in [4.69, 9.17) is 30.4 Å². The minimum absolute atomic E-state index is 0.131. The fourth-order valence-corrected chi connectivity index (χ4v) is 20.8. The molecule has 2 aromatic carbocycles. The van der Waals surface area contributed by atoms with Gasteiger partial charge in [-0.1, -0.05) is 65.5 Å². The highest BCUT2D eigenvalue weighted by molar-refractivity contribution is 14.1. The van der Waals surface area contributed by atoms with Crippen LogP contribution in [-0.4, -0.2) is 49.3 Å². The van der Waals surface area contributed by atoms with E-state index in [0.29, 0.717) is 24.2 Å². The summed E-state index contributed by atoms with van der Waals surface area (Å²) in [7, 11) is 0. The quantitative estimate of drug-likeness (QED) is 0.0259. The number of benzene rings is 2. The molecule has 16 heteroatoms. The van der Waals surface area contributed by atoms with Crippen LogP contribution in [0.15, 0.2) is 23.8 Å². The molecule has 0 radical (unpaired) electrons. The lowest BCUT2D eigenvalue weighted by Gasteiger charge is -2.58. The second-order valence-electron chi connectivity index (χ2n) is 22.1. The van der Waals surface area contributed by atoms with Crippen LogP contribution in [0, 0.1) is 67.8 Å². The first-order valence-corrected chi connectivity index (χ1v) is 32.8. The number of allylic oxidation sites excluding steroid dienone is 1. The van der Waals surface area contributed by atoms with E-state index in [1.807, 2.05) is 0 Å². The maximum atomic E-state index is 13.3. The molecule has 3 fully saturated rings. The van der Waals surface area contributed by atoms with Crippen molar-refractivity contribution in [2.45, 2.75) is 182 Å². The zero-order valence-corrected chi connectivity index (χ0v) is 55.7. The Hall–Kier alpha value is 0.0400. The summed E-state index contributed by atoms with van der Waals surface area (Å²) in [4.78, 5) is 52.5. The molecule has 4 aliphatic rings. The van der Waals surface area contributed by atoms with E-state index in [1.165, 1.54) is 61.6 Å². The third-order valence-electron chi connectivity index (χ3n) is 17.0. The Morgan fingerprint density at radius 1 is 0.653 bits per heavy atom. The summed E-state index contributed by atoms with van der Waals surface area (Å²) in [5.74, 6) is 2.67. The van der Waals surface area contributed by atoms with Crippen LogP contribution in [0.3, 0.4) is 0 Å². The molecule has 0 aromatic heterocycles. The van der Waals surface area contributed by atoms with Crippen LogP contribution in [0.2, 0.25) is 0 Å². The van der Waals surface area contributed by atoms with Crippen molar-refractivity contribution in [3.05, 3.63) is 56.3 Å². The normalized spacial score (nSPS) is 25.0. The van der Waals surface area contributed by atoms with Crippen molar-refractivity contribution >= 4 is 171 Å². The Morgan fingerprint density at radius 3 is 1.79 bits per heavy atom. The molecule has 4 aliphatic carbocycles. The van der Waals surface area contributed by atoms with Crippen LogP contribution < -0.4 is 11.5 Å². The van der Waals surface area contributed by atoms with E-state index in [9.17, 15) is 19.2 Å². The summed E-state index contributed by atoms with van der Waals surface area (Å²) >= 11 is 13.7. The molecular formula is C56H76I6N2O8. The summed E-state index contributed by atoms with van der Waals surface area (Å²) in [5.41, 5.74) is 18.5. The van der Waals surface area contributed by atoms with Gasteiger partial charge in [-0.05, 0) is 289 Å². The van der Waals surface area contributed by atoms with Crippen molar-refractivity contribution in [2.24, 2.45) is 46.3 Å². The minimum atomic E-state index is -1.03. The monoisotopic (exact) mass is 1670 g/mol. The number of halogens is 6. The topological polar surface area (TPSA) is 157 Å². The molecule has 0 amide bonds. The van der Waals surface area contributed by atoms with Crippen LogP contribution in [0.1, 0.15) is 168 Å². The van der Waals surface area contributed by atoms with Gasteiger partial charge in [0.1, 0.15) is 19.3 Å². The number of esters is 4. The van der Waals surface area contributed by atoms with Crippen LogP contribution in [0.25, 0.3) is 0 Å². The number of carbonyl (C=O) groups is 4. The number of ether oxygens (including phenoxy) is 4. The van der Waals surface area contributed by atoms with E-state index >= 15 is 0 Å². The Labute approximate surface area is 511 Å². The van der Waals surface area contributed by atoms with Gasteiger partial charge in [0, 0.05) is 40.7 Å². The number of anilines is 2. The number of rotatable bonds is 24. The minimum Gasteiger partial charge on any atom is -0.462 e. The third-order valence-corrected chi connectivity index (χ3v) is 23.1. The lowest BCUT2D eigenvalue weighted by atomic mass is 9.47. The summed E-state index contributed by atoms with van der Waals surface area (Å²) in [5, 5.41) is 0. The number of hydrogen-bond donors (Lipinski definition) is 2. The van der Waals surface area contributed by atoms with Gasteiger partial charge in [-0.3, -0.25) is 19.2 Å². The van der Waals surface area contributed by atoms with E-state index in [1.54, 1.807) is 0 Å². The molecule has 2 aromatic rings. The highest BCUT2D eigenvalue weighted by atomic mass is 127. The summed E-state index contributed by atoms with van der Waals surface area (Å²) < 4.78 is 29.4. The van der Waals surface area contributed by atoms with Crippen LogP contribution in [-0.2, 0) is 51.0 Å². The smallest absolute Gasteiger partial charge is 0.306 e. The number of nitrogen functional groups attached to an aromatic ring is 2. The number of nitrogens with two attached hydrogens (primary N) is 2. The molecule has 6 rings (SSSR count). The third kappa shape index (κ3) is 15.9. The molecule has 4 N–H and O–H groups in total. The van der Waals surface area contributed by atoms with Gasteiger partial charge in [-0.25, -0.2) is 0 Å². The van der Waals surface area contributed by atoms with Gasteiger partial charge in [0.15, 0.2) is 6.10 Å². The van der Waals surface area contributed by atoms with Gasteiger partial charge in [0.25, 0.3) is 0 Å². The van der Waals surface area contributed by atoms with Crippen molar-refractivity contribution in [2.75, 3.05) is 24.7 Å². The van der Waals surface area contributed by atoms with E-state index in [2.05, 4.69) is 188 Å². The lowest BCUT2D eigenvalue weighted by Crippen LogP contribution is -2.51. The largest absolute Gasteiger partial charge is 0.462 e. The predicted molar refractivity (Wildman–Crippen MR) is 337 cm³/mol. The summed E-state index contributed by atoms with van der Waals surface area (Å²) in [6.07, 6.45) is 18.7. The fourth-order valence-electron chi connectivity index (χ4n) is 13.0. The van der Waals surface area contributed by atoms with Gasteiger partial charge in [0.05, 0.1) is 24.2 Å². The average Bonchev–Trinajstić information content (AvgIpc) is 3.69. The van der Waals surface area contributed by atoms with E-state index < -0.39 is 30.0 Å². The van der Waals surface area contributed by atoms with Crippen molar-refractivity contribution in [1.82, 2.24) is 0 Å². The predicted octanol–water partition coefficient (Wildman–Crippen LogP) is 15.3. The van der Waals surface area contributed by atoms with Crippen molar-refractivity contribution in [1.29, 1.82) is 0 Å². The molecule has 0 saturated heterocycles. The maximum absolute atomic E-state index is 13.3. The van der Waals surface area contributed by atoms with Gasteiger partial charge in [0.2, 0.25) is 0 Å². The summed E-state index contributed by atoms with van der Waals surface area (Å²) in [6.45, 7) is 11.8. The Kier molecular flexibility index (Phi) is 24.0. The SMILES string of the molecule is CC(C)CCC[C@@H](C)[C@H]1CC[C@H]2[C@@H]3CC=C4C[C@@H](OC(=O)CCC(=O)OC(COC(=O)CCCCc5c(I)cc(I)c(N)c5I)COC(=O)CCCCc5c(I)cc(I)c(N)c5I)CC[C@]4(C)[C@H]3CC[C@]12C. The van der Waals surface area contributed by atoms with Gasteiger partial charge in [-0.15, -0.1) is 0 Å². The number of carbonyl (C=O) groups excluding carboxylic acids is 4. The molecule has 400 valence electrons. The second-order valence-corrected chi connectivity index (χ2v) is 28.9. The molecule has 8 atom stereocenters. The highest BCUT2D eigenvalue weighted by Gasteiger charge is 2.59. The molecule has 0 heterocycles. The number of unbranched alkanes of at least 4 members (excludes halogenated alkanes) is 2. The zero-order valence-electron chi connectivity index (χ0n) is 42.8. The fraction of sp³-hybridized carbons (Fsp3) is 0.679. The molecule has 72 heavy (non-hydrogen) atoms. The summed E-state index contributed by atoms with van der Waals surface area (Å²) in [6, 6.07) is 4.14. The van der Waals surface area contributed by atoms with Crippen LogP contribution in [0.5, 0.6) is 0 Å².